The van der Waals surface area contributed by atoms with Gasteiger partial charge < -0.3 is 10.1 Å². The number of hydrogen-bond acceptors (Lipinski definition) is 2. The van der Waals surface area contributed by atoms with Crippen molar-refractivity contribution in [2.24, 2.45) is 0 Å². The van der Waals surface area contributed by atoms with Crippen LogP contribution in [0, 0.1) is 29.1 Å². The fourth-order valence-corrected chi connectivity index (χ4v) is 2.60. The van der Waals surface area contributed by atoms with Crippen LogP contribution in [-0.2, 0) is 4.74 Å². The van der Waals surface area contributed by atoms with Crippen molar-refractivity contribution in [1.82, 2.24) is 5.32 Å². The molecule has 108 valence electrons. The lowest BCUT2D eigenvalue weighted by molar-refractivity contribution is 0.0560. The molecule has 2 aliphatic heterocycles. The highest BCUT2D eigenvalue weighted by Gasteiger charge is 2.32. The van der Waals surface area contributed by atoms with Gasteiger partial charge >= 0.3 is 0 Å². The molecular weight excluding hydrogens is 281 g/mol. The van der Waals surface area contributed by atoms with Crippen LogP contribution in [-0.4, -0.2) is 25.3 Å². The molecule has 0 aliphatic carbocycles. The third-order valence-electron chi connectivity index (χ3n) is 3.47. The maximum absolute atomic E-state index is 13.7. The second-order valence-corrected chi connectivity index (χ2v) is 4.85. The molecule has 1 saturated heterocycles. The Morgan fingerprint density at radius 2 is 1.50 bits per heavy atom. The van der Waals surface area contributed by atoms with E-state index in [4.69, 9.17) is 4.74 Å². The molecule has 2 nitrogen and oxygen atoms in total. The molecule has 2 bridgehead atoms. The van der Waals surface area contributed by atoms with E-state index in [0.717, 1.165) is 0 Å². The predicted molar refractivity (Wildman–Crippen MR) is 60.4 cm³/mol. The molecule has 0 radical (unpaired) electrons. The minimum atomic E-state index is -2.14. The SMILES string of the molecule is Fc1c(F)c(F)c(C2=CC3COCC(C2)N3)c(F)c1F. The first kappa shape index (κ1) is 13.5. The van der Waals surface area contributed by atoms with E-state index in [1.54, 1.807) is 0 Å². The summed E-state index contributed by atoms with van der Waals surface area (Å²) < 4.78 is 72.2. The van der Waals surface area contributed by atoms with Gasteiger partial charge in [0.25, 0.3) is 0 Å². The number of halogens is 5. The molecular formula is C13H10F5NO. The van der Waals surface area contributed by atoms with Crippen LogP contribution < -0.4 is 5.32 Å². The highest BCUT2D eigenvalue weighted by atomic mass is 19.2. The van der Waals surface area contributed by atoms with Gasteiger partial charge in [-0.15, -0.1) is 0 Å². The summed E-state index contributed by atoms with van der Waals surface area (Å²) in [6.45, 7) is 0.638. The van der Waals surface area contributed by atoms with Crippen molar-refractivity contribution in [3.8, 4) is 0 Å². The Bertz CT molecular complexity index is 572. The first-order valence-corrected chi connectivity index (χ1v) is 6.05. The average molecular weight is 291 g/mol. The molecule has 1 aromatic carbocycles. The Labute approximate surface area is 111 Å². The van der Waals surface area contributed by atoms with Crippen molar-refractivity contribution in [2.45, 2.75) is 18.5 Å². The second kappa shape index (κ2) is 4.82. The molecule has 0 aromatic heterocycles. The van der Waals surface area contributed by atoms with Gasteiger partial charge in [0, 0.05) is 12.1 Å². The Morgan fingerprint density at radius 1 is 0.900 bits per heavy atom. The second-order valence-electron chi connectivity index (χ2n) is 4.85. The van der Waals surface area contributed by atoms with Gasteiger partial charge in [0.2, 0.25) is 5.82 Å². The van der Waals surface area contributed by atoms with E-state index in [9.17, 15) is 22.0 Å². The molecule has 1 aromatic rings. The molecule has 1 fully saturated rings. The smallest absolute Gasteiger partial charge is 0.200 e. The number of ether oxygens (including phenoxy) is 1. The molecule has 0 spiro atoms. The van der Waals surface area contributed by atoms with Crippen LogP contribution in [0.3, 0.4) is 0 Å². The van der Waals surface area contributed by atoms with E-state index < -0.39 is 34.6 Å². The van der Waals surface area contributed by atoms with Crippen molar-refractivity contribution >= 4 is 5.57 Å². The van der Waals surface area contributed by atoms with Crippen molar-refractivity contribution in [2.75, 3.05) is 13.2 Å². The van der Waals surface area contributed by atoms with Crippen LogP contribution >= 0.6 is 0 Å². The van der Waals surface area contributed by atoms with E-state index in [2.05, 4.69) is 5.32 Å². The van der Waals surface area contributed by atoms with Crippen molar-refractivity contribution < 1.29 is 26.7 Å². The van der Waals surface area contributed by atoms with Crippen molar-refractivity contribution in [1.29, 1.82) is 0 Å². The summed E-state index contributed by atoms with van der Waals surface area (Å²) in [6, 6.07) is -0.476. The number of rotatable bonds is 1. The van der Waals surface area contributed by atoms with Crippen LogP contribution in [0.2, 0.25) is 0 Å². The Morgan fingerprint density at radius 3 is 2.10 bits per heavy atom. The van der Waals surface area contributed by atoms with Crippen LogP contribution in [0.5, 0.6) is 0 Å². The Hall–Kier alpha value is -1.47. The summed E-state index contributed by atoms with van der Waals surface area (Å²) in [5, 5.41) is 3.12. The highest BCUT2D eigenvalue weighted by molar-refractivity contribution is 5.69. The maximum Gasteiger partial charge on any atom is 0.200 e. The number of morpholine rings is 1. The summed E-state index contributed by atoms with van der Waals surface area (Å²) in [4.78, 5) is 0. The predicted octanol–water partition coefficient (Wildman–Crippen LogP) is 2.53. The first-order valence-electron chi connectivity index (χ1n) is 6.05. The molecule has 1 N–H and O–H groups in total. The summed E-state index contributed by atoms with van der Waals surface area (Å²) in [5.74, 6) is -9.54. The summed E-state index contributed by atoms with van der Waals surface area (Å²) >= 11 is 0. The van der Waals surface area contributed by atoms with Gasteiger partial charge in [-0.3, -0.25) is 0 Å². The lowest BCUT2D eigenvalue weighted by atomic mass is 9.91. The molecule has 3 rings (SSSR count). The number of benzene rings is 1. The normalized spacial score (nSPS) is 25.6. The van der Waals surface area contributed by atoms with Gasteiger partial charge in [0.05, 0.1) is 18.8 Å². The number of hydrogen-bond donors (Lipinski definition) is 1. The van der Waals surface area contributed by atoms with E-state index >= 15 is 0 Å². The Balaban J connectivity index is 2.13. The molecule has 20 heavy (non-hydrogen) atoms. The quantitative estimate of drug-likeness (QED) is 0.488. The zero-order valence-electron chi connectivity index (χ0n) is 10.2. The van der Waals surface area contributed by atoms with Crippen LogP contribution in [0.15, 0.2) is 6.08 Å². The molecule has 2 atom stereocenters. The van der Waals surface area contributed by atoms with Crippen molar-refractivity contribution in [3.63, 3.8) is 0 Å². The molecule has 2 unspecified atom stereocenters. The van der Waals surface area contributed by atoms with Crippen LogP contribution in [0.1, 0.15) is 12.0 Å². The molecule has 7 heteroatoms. The molecule has 2 aliphatic rings. The molecule has 0 amide bonds. The average Bonchev–Trinajstić information content (AvgIpc) is 2.43. The summed E-state index contributed by atoms with van der Waals surface area (Å²) in [5.41, 5.74) is -0.713. The minimum Gasteiger partial charge on any atom is -0.378 e. The van der Waals surface area contributed by atoms with Gasteiger partial charge in [-0.05, 0) is 12.0 Å². The zero-order chi connectivity index (χ0) is 14.4. The summed E-state index contributed by atoms with van der Waals surface area (Å²) in [6.07, 6.45) is 1.60. The molecule has 0 saturated carbocycles. The standard InChI is InChI=1S/C13H10F5NO/c14-9-8(10(15)12(17)13(18)11(9)16)5-1-6-3-20-4-7(2-5)19-6/h1,6-7,19H,2-4H2. The highest BCUT2D eigenvalue weighted by Crippen LogP contribution is 2.33. The third-order valence-corrected chi connectivity index (χ3v) is 3.47. The third kappa shape index (κ3) is 2.01. The zero-order valence-corrected chi connectivity index (χ0v) is 10.2. The number of nitrogens with one attached hydrogen (secondary N) is 1. The van der Waals surface area contributed by atoms with Gasteiger partial charge in [0.1, 0.15) is 0 Å². The van der Waals surface area contributed by atoms with Gasteiger partial charge in [-0.25, -0.2) is 22.0 Å². The summed E-state index contributed by atoms with van der Waals surface area (Å²) in [7, 11) is 0. The number of fused-ring (bicyclic) bond motifs is 2. The molecule has 2 heterocycles. The van der Waals surface area contributed by atoms with Gasteiger partial charge in [-0.1, -0.05) is 6.08 Å². The van der Waals surface area contributed by atoms with Gasteiger partial charge in [-0.2, -0.15) is 0 Å². The van der Waals surface area contributed by atoms with E-state index in [-0.39, 0.29) is 24.1 Å². The van der Waals surface area contributed by atoms with E-state index in [1.165, 1.54) is 6.08 Å². The fourth-order valence-electron chi connectivity index (χ4n) is 2.60. The van der Waals surface area contributed by atoms with Crippen LogP contribution in [0.25, 0.3) is 5.57 Å². The minimum absolute atomic E-state index is 0.120. The monoisotopic (exact) mass is 291 g/mol. The van der Waals surface area contributed by atoms with E-state index in [1.807, 2.05) is 0 Å². The van der Waals surface area contributed by atoms with Crippen LogP contribution in [0.4, 0.5) is 22.0 Å². The van der Waals surface area contributed by atoms with Gasteiger partial charge in [0.15, 0.2) is 23.3 Å². The topological polar surface area (TPSA) is 21.3 Å². The Kier molecular flexibility index (Phi) is 3.25. The lowest BCUT2D eigenvalue weighted by Gasteiger charge is -2.35. The first-order chi connectivity index (χ1) is 9.49. The van der Waals surface area contributed by atoms with E-state index in [0.29, 0.717) is 13.2 Å². The largest absolute Gasteiger partial charge is 0.378 e. The maximum atomic E-state index is 13.7. The van der Waals surface area contributed by atoms with Crippen molar-refractivity contribution in [3.05, 3.63) is 40.7 Å². The lowest BCUT2D eigenvalue weighted by Crippen LogP contribution is -2.50. The fraction of sp³-hybridized carbons (Fsp3) is 0.385.